The van der Waals surface area contributed by atoms with Crippen LogP contribution in [0.1, 0.15) is 11.8 Å². The summed E-state index contributed by atoms with van der Waals surface area (Å²) >= 11 is 0. The molecule has 0 fully saturated rings. The molecule has 1 N–H and O–H groups in total. The highest BCUT2D eigenvalue weighted by Crippen LogP contribution is 2.34. The predicted octanol–water partition coefficient (Wildman–Crippen LogP) is 1.08. The first-order valence-electron chi connectivity index (χ1n) is 3.56. The molecule has 7 heteroatoms. The standard InChI is InChI=1S/C7H7F3N2O2/c1-14-6-4(11-2-3-12-6)5(13)7(8,9)10/h2-3,5,13H,1H3/t5-/m0/s1. The van der Waals surface area contributed by atoms with Gasteiger partial charge in [-0.1, -0.05) is 0 Å². The quantitative estimate of drug-likeness (QED) is 0.790. The van der Waals surface area contributed by atoms with Gasteiger partial charge in [0.2, 0.25) is 5.88 Å². The minimum atomic E-state index is -4.77. The Labute approximate surface area is 77.4 Å². The summed E-state index contributed by atoms with van der Waals surface area (Å²) in [5.74, 6) is -0.336. The van der Waals surface area contributed by atoms with Crippen molar-refractivity contribution in [1.29, 1.82) is 0 Å². The van der Waals surface area contributed by atoms with Crippen molar-refractivity contribution in [2.24, 2.45) is 0 Å². The Balaban J connectivity index is 3.06. The van der Waals surface area contributed by atoms with Crippen LogP contribution in [-0.2, 0) is 0 Å². The fourth-order valence-electron chi connectivity index (χ4n) is 0.836. The SMILES string of the molecule is COc1nccnc1[C@H](O)C(F)(F)F. The summed E-state index contributed by atoms with van der Waals surface area (Å²) in [6.45, 7) is 0. The van der Waals surface area contributed by atoms with Crippen molar-refractivity contribution >= 4 is 0 Å². The number of hydrogen-bond donors (Lipinski definition) is 1. The number of alkyl halides is 3. The molecule has 0 amide bonds. The van der Waals surface area contributed by atoms with Crippen molar-refractivity contribution in [3.63, 3.8) is 0 Å². The van der Waals surface area contributed by atoms with E-state index in [1.165, 1.54) is 6.20 Å². The minimum absolute atomic E-state index is 0.336. The molecule has 0 aromatic carbocycles. The van der Waals surface area contributed by atoms with E-state index in [-0.39, 0.29) is 5.88 Å². The maximum absolute atomic E-state index is 12.1. The van der Waals surface area contributed by atoms with Crippen LogP contribution in [0.25, 0.3) is 0 Å². The van der Waals surface area contributed by atoms with Gasteiger partial charge < -0.3 is 9.84 Å². The average Bonchev–Trinajstić information content (AvgIpc) is 2.15. The van der Waals surface area contributed by atoms with E-state index >= 15 is 0 Å². The number of ether oxygens (including phenoxy) is 1. The Hall–Kier alpha value is -1.37. The van der Waals surface area contributed by atoms with Gasteiger partial charge in [0.1, 0.15) is 5.69 Å². The summed E-state index contributed by atoms with van der Waals surface area (Å²) in [5, 5.41) is 8.86. The van der Waals surface area contributed by atoms with Gasteiger partial charge >= 0.3 is 6.18 Å². The van der Waals surface area contributed by atoms with Crippen molar-refractivity contribution < 1.29 is 23.0 Å². The highest BCUT2D eigenvalue weighted by atomic mass is 19.4. The van der Waals surface area contributed by atoms with E-state index in [9.17, 15) is 13.2 Å². The van der Waals surface area contributed by atoms with E-state index in [4.69, 9.17) is 5.11 Å². The number of halogens is 3. The van der Waals surface area contributed by atoms with Gasteiger partial charge in [-0.3, -0.25) is 4.98 Å². The lowest BCUT2D eigenvalue weighted by molar-refractivity contribution is -0.208. The first-order valence-corrected chi connectivity index (χ1v) is 3.56. The molecule has 78 valence electrons. The summed E-state index contributed by atoms with van der Waals surface area (Å²) in [5.41, 5.74) is -0.637. The average molecular weight is 208 g/mol. The van der Waals surface area contributed by atoms with Crippen molar-refractivity contribution in [2.45, 2.75) is 12.3 Å². The number of nitrogens with zero attached hydrogens (tertiary/aromatic N) is 2. The predicted molar refractivity (Wildman–Crippen MR) is 39.6 cm³/mol. The summed E-state index contributed by atoms with van der Waals surface area (Å²) in [7, 11) is 1.15. The van der Waals surface area contributed by atoms with Crippen LogP contribution < -0.4 is 4.74 Å². The number of aliphatic hydroxyl groups excluding tert-OH is 1. The van der Waals surface area contributed by atoms with Crippen molar-refractivity contribution in [3.8, 4) is 5.88 Å². The zero-order chi connectivity index (χ0) is 10.8. The Morgan fingerprint density at radius 1 is 1.36 bits per heavy atom. The third-order valence-electron chi connectivity index (χ3n) is 1.45. The largest absolute Gasteiger partial charge is 0.480 e. The molecule has 4 nitrogen and oxygen atoms in total. The molecule has 0 radical (unpaired) electrons. The van der Waals surface area contributed by atoms with E-state index in [2.05, 4.69) is 14.7 Å². The van der Waals surface area contributed by atoms with Gasteiger partial charge in [0.15, 0.2) is 6.10 Å². The Bertz CT molecular complexity index is 316. The first-order chi connectivity index (χ1) is 6.46. The summed E-state index contributed by atoms with van der Waals surface area (Å²) in [6.07, 6.45) is -5.23. The fourth-order valence-corrected chi connectivity index (χ4v) is 0.836. The summed E-state index contributed by atoms with van der Waals surface area (Å²) in [4.78, 5) is 6.85. The third-order valence-corrected chi connectivity index (χ3v) is 1.45. The second kappa shape index (κ2) is 3.79. The molecule has 14 heavy (non-hydrogen) atoms. The Kier molecular flexibility index (Phi) is 2.90. The molecule has 1 aromatic rings. The lowest BCUT2D eigenvalue weighted by atomic mass is 10.2. The molecule has 1 heterocycles. The molecule has 0 bridgehead atoms. The molecule has 0 saturated carbocycles. The maximum atomic E-state index is 12.1. The van der Waals surface area contributed by atoms with Crippen LogP contribution in [-0.4, -0.2) is 28.4 Å². The molecule has 0 aliphatic rings. The zero-order valence-corrected chi connectivity index (χ0v) is 7.12. The van der Waals surface area contributed by atoms with Crippen LogP contribution >= 0.6 is 0 Å². The molecule has 0 unspecified atom stereocenters. The Morgan fingerprint density at radius 2 is 1.93 bits per heavy atom. The van der Waals surface area contributed by atoms with Gasteiger partial charge in [-0.15, -0.1) is 0 Å². The third kappa shape index (κ3) is 2.11. The lowest BCUT2D eigenvalue weighted by Crippen LogP contribution is -2.22. The summed E-state index contributed by atoms with van der Waals surface area (Å²) in [6, 6.07) is 0. The molecular formula is C7H7F3N2O2. The van der Waals surface area contributed by atoms with Gasteiger partial charge in [-0.05, 0) is 0 Å². The number of hydrogen-bond acceptors (Lipinski definition) is 4. The van der Waals surface area contributed by atoms with E-state index in [0.29, 0.717) is 0 Å². The topological polar surface area (TPSA) is 55.2 Å². The summed E-state index contributed by atoms with van der Waals surface area (Å²) < 4.78 is 40.8. The van der Waals surface area contributed by atoms with E-state index in [1.54, 1.807) is 0 Å². The van der Waals surface area contributed by atoms with Crippen molar-refractivity contribution in [2.75, 3.05) is 7.11 Å². The van der Waals surface area contributed by atoms with Crippen molar-refractivity contribution in [3.05, 3.63) is 18.1 Å². The molecule has 0 spiro atoms. The van der Waals surface area contributed by atoms with Crippen LogP contribution in [0.2, 0.25) is 0 Å². The van der Waals surface area contributed by atoms with Gasteiger partial charge in [0.05, 0.1) is 7.11 Å². The van der Waals surface area contributed by atoms with Gasteiger partial charge in [-0.2, -0.15) is 13.2 Å². The molecule has 0 aliphatic heterocycles. The highest BCUT2D eigenvalue weighted by molar-refractivity contribution is 5.20. The second-order valence-electron chi connectivity index (χ2n) is 2.40. The van der Waals surface area contributed by atoms with E-state index < -0.39 is 18.0 Å². The van der Waals surface area contributed by atoms with E-state index in [1.807, 2.05) is 0 Å². The highest BCUT2D eigenvalue weighted by Gasteiger charge is 2.42. The minimum Gasteiger partial charge on any atom is -0.480 e. The lowest BCUT2D eigenvalue weighted by Gasteiger charge is -2.14. The molecule has 1 aromatic heterocycles. The Morgan fingerprint density at radius 3 is 2.43 bits per heavy atom. The maximum Gasteiger partial charge on any atom is 0.420 e. The molecule has 0 aliphatic carbocycles. The second-order valence-corrected chi connectivity index (χ2v) is 2.40. The molecule has 0 saturated heterocycles. The van der Waals surface area contributed by atoms with Crippen molar-refractivity contribution in [1.82, 2.24) is 9.97 Å². The number of rotatable bonds is 2. The smallest absolute Gasteiger partial charge is 0.420 e. The van der Waals surface area contributed by atoms with Crippen LogP contribution in [0.5, 0.6) is 5.88 Å². The van der Waals surface area contributed by atoms with Crippen LogP contribution in [0.3, 0.4) is 0 Å². The normalized spacial score (nSPS) is 13.8. The van der Waals surface area contributed by atoms with Gasteiger partial charge in [0.25, 0.3) is 0 Å². The van der Waals surface area contributed by atoms with Crippen LogP contribution in [0.4, 0.5) is 13.2 Å². The number of methoxy groups -OCH3 is 1. The first kappa shape index (κ1) is 10.7. The number of aliphatic hydroxyl groups is 1. The van der Waals surface area contributed by atoms with E-state index in [0.717, 1.165) is 13.3 Å². The molecule has 1 atom stereocenters. The van der Waals surface area contributed by atoms with Crippen LogP contribution in [0, 0.1) is 0 Å². The number of aromatic nitrogens is 2. The zero-order valence-electron chi connectivity index (χ0n) is 7.12. The monoisotopic (exact) mass is 208 g/mol. The molecule has 1 rings (SSSR count). The molecular weight excluding hydrogens is 201 g/mol. The fraction of sp³-hybridized carbons (Fsp3) is 0.429. The van der Waals surface area contributed by atoms with Gasteiger partial charge in [-0.25, -0.2) is 4.98 Å². The van der Waals surface area contributed by atoms with Crippen LogP contribution in [0.15, 0.2) is 12.4 Å². The van der Waals surface area contributed by atoms with Gasteiger partial charge in [0, 0.05) is 12.4 Å².